The van der Waals surface area contributed by atoms with E-state index in [0.717, 1.165) is 0 Å². The van der Waals surface area contributed by atoms with Gasteiger partial charge in [0.05, 0.1) is 24.2 Å². The van der Waals surface area contributed by atoms with Crippen molar-refractivity contribution in [2.24, 2.45) is 0 Å². The Morgan fingerprint density at radius 1 is 1.08 bits per heavy atom. The molecule has 25 heavy (non-hydrogen) atoms. The number of methoxy groups -OCH3 is 1. The predicted molar refractivity (Wildman–Crippen MR) is 99.9 cm³/mol. The number of benzene rings is 2. The molecule has 0 aliphatic carbocycles. The number of carbonyl (C=O) groups is 1. The lowest BCUT2D eigenvalue weighted by atomic mass is 10.2. The second kappa shape index (κ2) is 8.02. The fraction of sp³-hybridized carbons (Fsp3) is 0.278. The normalized spacial score (nSPS) is 11.0. The number of anilines is 2. The van der Waals surface area contributed by atoms with Crippen LogP contribution in [0.15, 0.2) is 48.5 Å². The van der Waals surface area contributed by atoms with Crippen LogP contribution in [0.25, 0.3) is 0 Å². The van der Waals surface area contributed by atoms with Gasteiger partial charge in [0.1, 0.15) is 5.75 Å². The zero-order valence-electron chi connectivity index (χ0n) is 14.5. The van der Waals surface area contributed by atoms with Crippen LogP contribution in [-0.4, -0.2) is 33.7 Å². The van der Waals surface area contributed by atoms with Gasteiger partial charge in [-0.3, -0.25) is 9.10 Å². The summed E-state index contributed by atoms with van der Waals surface area (Å²) in [7, 11) is -1.80. The van der Waals surface area contributed by atoms with Crippen molar-refractivity contribution in [3.05, 3.63) is 54.1 Å². The number of hydrogen-bond donors (Lipinski definition) is 1. The summed E-state index contributed by atoms with van der Waals surface area (Å²) >= 11 is 0. The molecule has 0 spiro atoms. The molecule has 0 unspecified atom stereocenters. The molecule has 1 N–H and O–H groups in total. The fourth-order valence-corrected chi connectivity index (χ4v) is 3.57. The van der Waals surface area contributed by atoms with Crippen molar-refractivity contribution in [3.63, 3.8) is 0 Å². The van der Waals surface area contributed by atoms with Crippen LogP contribution in [0.4, 0.5) is 11.4 Å². The van der Waals surface area contributed by atoms with E-state index < -0.39 is 10.0 Å². The monoisotopic (exact) mass is 362 g/mol. The third kappa shape index (κ3) is 4.30. The highest BCUT2D eigenvalue weighted by atomic mass is 32.2. The van der Waals surface area contributed by atoms with E-state index in [9.17, 15) is 13.2 Å². The maximum absolute atomic E-state index is 12.4. The number of para-hydroxylation sites is 2. The third-order valence-corrected chi connectivity index (χ3v) is 5.63. The van der Waals surface area contributed by atoms with Gasteiger partial charge in [-0.05, 0) is 50.2 Å². The molecule has 134 valence electrons. The smallest absolute Gasteiger partial charge is 0.255 e. The topological polar surface area (TPSA) is 75.7 Å². The van der Waals surface area contributed by atoms with Crippen molar-refractivity contribution >= 4 is 27.3 Å². The van der Waals surface area contributed by atoms with Crippen molar-refractivity contribution in [2.75, 3.05) is 29.0 Å². The van der Waals surface area contributed by atoms with E-state index in [2.05, 4.69) is 5.32 Å². The minimum Gasteiger partial charge on any atom is -0.495 e. The molecular formula is C18H22N2O4S. The molecule has 0 aromatic heterocycles. The van der Waals surface area contributed by atoms with Crippen LogP contribution in [0.1, 0.15) is 24.2 Å². The minimum atomic E-state index is -3.34. The highest BCUT2D eigenvalue weighted by molar-refractivity contribution is 7.92. The van der Waals surface area contributed by atoms with Gasteiger partial charge >= 0.3 is 0 Å². The maximum atomic E-state index is 12.4. The molecule has 0 saturated carbocycles. The number of rotatable bonds is 7. The lowest BCUT2D eigenvalue weighted by Gasteiger charge is -2.22. The van der Waals surface area contributed by atoms with E-state index >= 15 is 0 Å². The van der Waals surface area contributed by atoms with E-state index in [1.807, 2.05) is 6.07 Å². The van der Waals surface area contributed by atoms with Crippen molar-refractivity contribution in [2.45, 2.75) is 13.8 Å². The Kier molecular flexibility index (Phi) is 6.03. The van der Waals surface area contributed by atoms with Gasteiger partial charge in [0.2, 0.25) is 10.0 Å². The summed E-state index contributed by atoms with van der Waals surface area (Å²) in [6, 6.07) is 13.6. The molecule has 2 aromatic carbocycles. The van der Waals surface area contributed by atoms with Crippen LogP contribution in [-0.2, 0) is 10.0 Å². The molecule has 0 heterocycles. The molecule has 0 saturated heterocycles. The lowest BCUT2D eigenvalue weighted by molar-refractivity contribution is 0.102. The van der Waals surface area contributed by atoms with Crippen LogP contribution >= 0.6 is 0 Å². The number of hydrogen-bond acceptors (Lipinski definition) is 4. The zero-order chi connectivity index (χ0) is 18.4. The van der Waals surface area contributed by atoms with E-state index in [-0.39, 0.29) is 11.7 Å². The van der Waals surface area contributed by atoms with Gasteiger partial charge in [0, 0.05) is 12.1 Å². The summed E-state index contributed by atoms with van der Waals surface area (Å²) in [5, 5.41) is 2.79. The summed E-state index contributed by atoms with van der Waals surface area (Å²) in [6.45, 7) is 3.71. The molecule has 0 radical (unpaired) electrons. The molecule has 2 rings (SSSR count). The Labute approximate surface area is 148 Å². The highest BCUT2D eigenvalue weighted by Gasteiger charge is 2.19. The van der Waals surface area contributed by atoms with Crippen LogP contribution < -0.4 is 14.4 Å². The maximum Gasteiger partial charge on any atom is 0.255 e. The molecule has 1 amide bonds. The highest BCUT2D eigenvalue weighted by Crippen LogP contribution is 2.24. The largest absolute Gasteiger partial charge is 0.495 e. The van der Waals surface area contributed by atoms with Crippen LogP contribution in [0.2, 0.25) is 0 Å². The van der Waals surface area contributed by atoms with Gasteiger partial charge in [-0.2, -0.15) is 0 Å². The number of ether oxygens (including phenoxy) is 1. The first-order valence-electron chi connectivity index (χ1n) is 7.97. The summed E-state index contributed by atoms with van der Waals surface area (Å²) in [6.07, 6.45) is 0. The first-order chi connectivity index (χ1) is 11.9. The van der Waals surface area contributed by atoms with E-state index in [1.54, 1.807) is 56.3 Å². The Morgan fingerprint density at radius 3 is 2.28 bits per heavy atom. The van der Waals surface area contributed by atoms with Crippen molar-refractivity contribution < 1.29 is 17.9 Å². The Hall–Kier alpha value is -2.54. The number of amides is 1. The lowest BCUT2D eigenvalue weighted by Crippen LogP contribution is -2.32. The summed E-state index contributed by atoms with van der Waals surface area (Å²) < 4.78 is 30.7. The second-order valence-corrected chi connectivity index (χ2v) is 7.45. The van der Waals surface area contributed by atoms with Crippen molar-refractivity contribution in [3.8, 4) is 5.75 Å². The standard InChI is InChI=1S/C18H22N2O4S/c1-4-20(25(22,23)5-2)15-12-10-14(11-13-15)18(21)19-16-8-6-7-9-17(16)24-3/h6-13H,4-5H2,1-3H3,(H,19,21). The SMILES string of the molecule is CCN(c1ccc(C(=O)Nc2ccccc2OC)cc1)S(=O)(=O)CC. The zero-order valence-corrected chi connectivity index (χ0v) is 15.3. The number of nitrogens with zero attached hydrogens (tertiary/aromatic N) is 1. The number of carbonyl (C=O) groups excluding carboxylic acids is 1. The number of nitrogens with one attached hydrogen (secondary N) is 1. The molecular weight excluding hydrogens is 340 g/mol. The molecule has 0 aliphatic rings. The Balaban J connectivity index is 2.20. The molecule has 7 heteroatoms. The number of sulfonamides is 1. The van der Waals surface area contributed by atoms with E-state index in [4.69, 9.17) is 4.74 Å². The van der Waals surface area contributed by atoms with Crippen LogP contribution in [0, 0.1) is 0 Å². The van der Waals surface area contributed by atoms with Crippen molar-refractivity contribution in [1.29, 1.82) is 0 Å². The Morgan fingerprint density at radius 2 is 1.72 bits per heavy atom. The fourth-order valence-electron chi connectivity index (χ4n) is 2.42. The molecule has 0 aliphatic heterocycles. The van der Waals surface area contributed by atoms with Crippen LogP contribution in [0.3, 0.4) is 0 Å². The van der Waals surface area contributed by atoms with Gasteiger partial charge in [0.25, 0.3) is 5.91 Å². The second-order valence-electron chi connectivity index (χ2n) is 5.27. The molecule has 0 atom stereocenters. The van der Waals surface area contributed by atoms with Gasteiger partial charge in [-0.25, -0.2) is 8.42 Å². The van der Waals surface area contributed by atoms with Crippen LogP contribution in [0.5, 0.6) is 5.75 Å². The van der Waals surface area contributed by atoms with Gasteiger partial charge in [-0.1, -0.05) is 12.1 Å². The average molecular weight is 362 g/mol. The van der Waals surface area contributed by atoms with Gasteiger partial charge in [-0.15, -0.1) is 0 Å². The Bertz CT molecular complexity index is 832. The van der Waals surface area contributed by atoms with Crippen molar-refractivity contribution in [1.82, 2.24) is 0 Å². The first kappa shape index (κ1) is 18.8. The average Bonchev–Trinajstić information content (AvgIpc) is 2.63. The summed E-state index contributed by atoms with van der Waals surface area (Å²) in [5.41, 5.74) is 1.54. The van der Waals surface area contributed by atoms with Gasteiger partial charge in [0.15, 0.2) is 0 Å². The first-order valence-corrected chi connectivity index (χ1v) is 9.58. The molecule has 6 nitrogen and oxygen atoms in total. The minimum absolute atomic E-state index is 0.0247. The van der Waals surface area contributed by atoms with E-state index in [0.29, 0.717) is 29.2 Å². The third-order valence-electron chi connectivity index (χ3n) is 3.76. The predicted octanol–water partition coefficient (Wildman–Crippen LogP) is 3.12. The summed E-state index contributed by atoms with van der Waals surface area (Å²) in [5.74, 6) is 0.299. The van der Waals surface area contributed by atoms with E-state index in [1.165, 1.54) is 11.4 Å². The molecule has 2 aromatic rings. The molecule has 0 bridgehead atoms. The summed E-state index contributed by atoms with van der Waals surface area (Å²) in [4.78, 5) is 12.4. The quantitative estimate of drug-likeness (QED) is 0.821. The molecule has 0 fully saturated rings. The van der Waals surface area contributed by atoms with Gasteiger partial charge < -0.3 is 10.1 Å².